The summed E-state index contributed by atoms with van der Waals surface area (Å²) in [6, 6.07) is 28.4. The first kappa shape index (κ1) is 25.1. The number of rotatable bonds is 8. The van der Waals surface area contributed by atoms with E-state index in [1.807, 2.05) is 73.6 Å². The predicted octanol–water partition coefficient (Wildman–Crippen LogP) is 6.45. The second-order valence-electron chi connectivity index (χ2n) is 8.33. The minimum absolute atomic E-state index is 0.319. The normalized spacial score (nSPS) is 10.2. The molecule has 0 atom stereocenters. The standard InChI is InChI=1S/C29H28N4O4/c1-33(2)23-15-12-20(13-16-23)30-28(34)26-17-14-22(19-27(26)36-3)32-29(35)31-21-8-7-11-25(18-21)37-24-9-5-4-6-10-24/h4-19H,1-3H3,(H,30,34)(H2,31,32,35). The molecule has 0 spiro atoms. The lowest BCUT2D eigenvalue weighted by atomic mass is 10.1. The smallest absolute Gasteiger partial charge is 0.323 e. The molecule has 0 fully saturated rings. The maximum absolute atomic E-state index is 12.8. The molecular weight excluding hydrogens is 468 g/mol. The SMILES string of the molecule is COc1cc(NC(=O)Nc2cccc(Oc3ccccc3)c2)ccc1C(=O)Nc1ccc(N(C)C)cc1. The van der Waals surface area contributed by atoms with Crippen molar-refractivity contribution in [3.8, 4) is 17.2 Å². The van der Waals surface area contributed by atoms with Gasteiger partial charge in [0.15, 0.2) is 0 Å². The van der Waals surface area contributed by atoms with E-state index in [4.69, 9.17) is 9.47 Å². The van der Waals surface area contributed by atoms with Gasteiger partial charge in [-0.1, -0.05) is 24.3 Å². The average molecular weight is 497 g/mol. The molecule has 37 heavy (non-hydrogen) atoms. The third-order valence-electron chi connectivity index (χ3n) is 5.42. The van der Waals surface area contributed by atoms with E-state index in [1.165, 1.54) is 7.11 Å². The first-order valence-electron chi connectivity index (χ1n) is 11.6. The highest BCUT2D eigenvalue weighted by molar-refractivity contribution is 6.07. The molecule has 188 valence electrons. The van der Waals surface area contributed by atoms with Gasteiger partial charge >= 0.3 is 6.03 Å². The van der Waals surface area contributed by atoms with Crippen molar-refractivity contribution < 1.29 is 19.1 Å². The van der Waals surface area contributed by atoms with Gasteiger partial charge in [-0.05, 0) is 60.7 Å². The third-order valence-corrected chi connectivity index (χ3v) is 5.42. The second-order valence-corrected chi connectivity index (χ2v) is 8.33. The molecular formula is C29H28N4O4. The number of carbonyl (C=O) groups is 2. The van der Waals surface area contributed by atoms with Crippen LogP contribution in [0.4, 0.5) is 27.5 Å². The number of benzene rings is 4. The van der Waals surface area contributed by atoms with Crippen molar-refractivity contribution in [2.75, 3.05) is 42.1 Å². The Balaban J connectivity index is 1.39. The van der Waals surface area contributed by atoms with E-state index < -0.39 is 6.03 Å². The highest BCUT2D eigenvalue weighted by Gasteiger charge is 2.15. The van der Waals surface area contributed by atoms with E-state index in [1.54, 1.807) is 42.5 Å². The largest absolute Gasteiger partial charge is 0.496 e. The van der Waals surface area contributed by atoms with Gasteiger partial charge in [0.2, 0.25) is 0 Å². The summed E-state index contributed by atoms with van der Waals surface area (Å²) in [5.41, 5.74) is 3.07. The van der Waals surface area contributed by atoms with Crippen molar-refractivity contribution in [3.05, 3.63) is 103 Å². The molecule has 0 aliphatic heterocycles. The zero-order valence-corrected chi connectivity index (χ0v) is 20.8. The van der Waals surface area contributed by atoms with Gasteiger partial charge in [0.1, 0.15) is 17.2 Å². The fraction of sp³-hybridized carbons (Fsp3) is 0.103. The zero-order valence-electron chi connectivity index (χ0n) is 20.8. The fourth-order valence-electron chi connectivity index (χ4n) is 3.55. The number of methoxy groups -OCH3 is 1. The van der Waals surface area contributed by atoms with E-state index in [-0.39, 0.29) is 5.91 Å². The molecule has 0 saturated carbocycles. The van der Waals surface area contributed by atoms with Crippen LogP contribution in [0.5, 0.6) is 17.2 Å². The van der Waals surface area contributed by atoms with Gasteiger partial charge in [-0.15, -0.1) is 0 Å². The highest BCUT2D eigenvalue weighted by atomic mass is 16.5. The Morgan fingerprint density at radius 2 is 1.32 bits per heavy atom. The van der Waals surface area contributed by atoms with Gasteiger partial charge in [-0.2, -0.15) is 0 Å². The summed E-state index contributed by atoms with van der Waals surface area (Å²) < 4.78 is 11.2. The van der Waals surface area contributed by atoms with Crippen LogP contribution in [0.1, 0.15) is 10.4 Å². The van der Waals surface area contributed by atoms with E-state index >= 15 is 0 Å². The third kappa shape index (κ3) is 6.79. The van der Waals surface area contributed by atoms with Crippen LogP contribution in [-0.4, -0.2) is 33.1 Å². The van der Waals surface area contributed by atoms with Crippen LogP contribution in [0.15, 0.2) is 97.1 Å². The van der Waals surface area contributed by atoms with Crippen LogP contribution in [0.25, 0.3) is 0 Å². The van der Waals surface area contributed by atoms with Gasteiger partial charge < -0.3 is 30.3 Å². The lowest BCUT2D eigenvalue weighted by molar-refractivity contribution is 0.102. The summed E-state index contributed by atoms with van der Waals surface area (Å²) in [7, 11) is 5.37. The summed E-state index contributed by atoms with van der Waals surface area (Å²) in [6.45, 7) is 0. The topological polar surface area (TPSA) is 91.9 Å². The fourth-order valence-corrected chi connectivity index (χ4v) is 3.55. The molecule has 4 rings (SSSR count). The van der Waals surface area contributed by atoms with Crippen molar-refractivity contribution in [2.24, 2.45) is 0 Å². The van der Waals surface area contributed by atoms with Crippen molar-refractivity contribution in [1.82, 2.24) is 0 Å². The number of hydrogen-bond donors (Lipinski definition) is 3. The number of nitrogens with zero attached hydrogens (tertiary/aromatic N) is 1. The molecule has 3 amide bonds. The molecule has 0 saturated heterocycles. The Morgan fingerprint density at radius 3 is 2.00 bits per heavy atom. The molecule has 0 aromatic heterocycles. The summed E-state index contributed by atoms with van der Waals surface area (Å²) in [5.74, 6) is 1.31. The van der Waals surface area contributed by atoms with Gasteiger partial charge in [-0.3, -0.25) is 4.79 Å². The van der Waals surface area contributed by atoms with Crippen molar-refractivity contribution >= 4 is 34.7 Å². The first-order chi connectivity index (χ1) is 17.9. The molecule has 0 unspecified atom stereocenters. The van der Waals surface area contributed by atoms with Crippen LogP contribution in [0, 0.1) is 0 Å². The summed E-state index contributed by atoms with van der Waals surface area (Å²) in [5, 5.41) is 8.41. The van der Waals surface area contributed by atoms with E-state index in [9.17, 15) is 9.59 Å². The minimum Gasteiger partial charge on any atom is -0.496 e. The Hall–Kier alpha value is -4.98. The molecule has 0 aliphatic carbocycles. The average Bonchev–Trinajstić information content (AvgIpc) is 2.89. The molecule has 4 aromatic carbocycles. The molecule has 0 heterocycles. The van der Waals surface area contributed by atoms with E-state index in [2.05, 4.69) is 16.0 Å². The monoisotopic (exact) mass is 496 g/mol. The second kappa shape index (κ2) is 11.6. The lowest BCUT2D eigenvalue weighted by Gasteiger charge is -2.14. The van der Waals surface area contributed by atoms with Crippen LogP contribution < -0.4 is 30.3 Å². The quantitative estimate of drug-likeness (QED) is 0.261. The molecule has 3 N–H and O–H groups in total. The summed E-state index contributed by atoms with van der Waals surface area (Å²) in [4.78, 5) is 27.4. The zero-order chi connectivity index (χ0) is 26.2. The first-order valence-corrected chi connectivity index (χ1v) is 11.6. The van der Waals surface area contributed by atoms with Crippen LogP contribution in [0.2, 0.25) is 0 Å². The van der Waals surface area contributed by atoms with Crippen molar-refractivity contribution in [1.29, 1.82) is 0 Å². The summed E-state index contributed by atoms with van der Waals surface area (Å²) >= 11 is 0. The van der Waals surface area contributed by atoms with E-state index in [0.717, 1.165) is 5.69 Å². The molecule has 8 nitrogen and oxygen atoms in total. The number of para-hydroxylation sites is 1. The van der Waals surface area contributed by atoms with Crippen molar-refractivity contribution in [3.63, 3.8) is 0 Å². The Kier molecular flexibility index (Phi) is 7.90. The summed E-state index contributed by atoms with van der Waals surface area (Å²) in [6.07, 6.45) is 0. The Morgan fingerprint density at radius 1 is 0.676 bits per heavy atom. The number of urea groups is 1. The molecule has 4 aromatic rings. The Bertz CT molecular complexity index is 1370. The van der Waals surface area contributed by atoms with Gasteiger partial charge in [0.05, 0.1) is 12.7 Å². The van der Waals surface area contributed by atoms with Crippen LogP contribution in [-0.2, 0) is 0 Å². The number of nitrogens with one attached hydrogen (secondary N) is 3. The number of carbonyl (C=O) groups excluding carboxylic acids is 2. The predicted molar refractivity (Wildman–Crippen MR) is 147 cm³/mol. The van der Waals surface area contributed by atoms with E-state index in [0.29, 0.717) is 39.9 Å². The van der Waals surface area contributed by atoms with Crippen LogP contribution >= 0.6 is 0 Å². The molecule has 0 bridgehead atoms. The Labute approximate surface area is 215 Å². The number of hydrogen-bond acceptors (Lipinski definition) is 5. The molecule has 0 radical (unpaired) electrons. The van der Waals surface area contributed by atoms with Crippen molar-refractivity contribution in [2.45, 2.75) is 0 Å². The maximum atomic E-state index is 12.8. The van der Waals surface area contributed by atoms with Gasteiger partial charge in [0, 0.05) is 49.0 Å². The highest BCUT2D eigenvalue weighted by Crippen LogP contribution is 2.26. The lowest BCUT2D eigenvalue weighted by Crippen LogP contribution is -2.20. The number of amides is 3. The minimum atomic E-state index is -0.447. The number of anilines is 4. The number of ether oxygens (including phenoxy) is 2. The maximum Gasteiger partial charge on any atom is 0.323 e. The molecule has 8 heteroatoms. The van der Waals surface area contributed by atoms with Gasteiger partial charge in [0.25, 0.3) is 5.91 Å². The van der Waals surface area contributed by atoms with Crippen LogP contribution in [0.3, 0.4) is 0 Å². The molecule has 0 aliphatic rings. The van der Waals surface area contributed by atoms with Gasteiger partial charge in [-0.25, -0.2) is 4.79 Å².